The number of likely N-dealkylation sites (tertiary alicyclic amines) is 1. The normalized spacial score (nSPS) is 14.0. The van der Waals surface area contributed by atoms with Crippen molar-refractivity contribution in [2.75, 3.05) is 37.4 Å². The number of hydrogen-bond donors (Lipinski definition) is 4. The molecule has 0 atom stereocenters. The molecule has 0 spiro atoms. The molecule has 1 aromatic rings. The standard InChI is InChI=1S/C14H22N6/c1-19(2)12-7-5-11(6-8-12)17-13(15)18-14(16)20-9-3-4-10-20/h5-8H,3-4,9-10H2,1-2H3,(H4,15,16,17,18). The van der Waals surface area contributed by atoms with E-state index in [0.29, 0.717) is 5.96 Å². The minimum Gasteiger partial charge on any atom is -0.378 e. The number of nitrogens with zero attached hydrogens (tertiary/aromatic N) is 2. The molecule has 0 radical (unpaired) electrons. The van der Waals surface area contributed by atoms with E-state index in [2.05, 4.69) is 10.6 Å². The quantitative estimate of drug-likeness (QED) is 0.489. The van der Waals surface area contributed by atoms with Crippen LogP contribution in [0.3, 0.4) is 0 Å². The summed E-state index contributed by atoms with van der Waals surface area (Å²) in [7, 11) is 3.98. The minimum absolute atomic E-state index is 0.125. The Labute approximate surface area is 119 Å². The van der Waals surface area contributed by atoms with Crippen molar-refractivity contribution in [3.05, 3.63) is 24.3 Å². The molecule has 20 heavy (non-hydrogen) atoms. The van der Waals surface area contributed by atoms with E-state index in [9.17, 15) is 0 Å². The molecule has 0 aliphatic carbocycles. The number of rotatable bonds is 2. The summed E-state index contributed by atoms with van der Waals surface area (Å²) in [6, 6.07) is 7.82. The van der Waals surface area contributed by atoms with Gasteiger partial charge in [-0.15, -0.1) is 0 Å². The van der Waals surface area contributed by atoms with Gasteiger partial charge in [0.05, 0.1) is 0 Å². The van der Waals surface area contributed by atoms with E-state index in [-0.39, 0.29) is 5.96 Å². The van der Waals surface area contributed by atoms with E-state index in [1.54, 1.807) is 0 Å². The van der Waals surface area contributed by atoms with Gasteiger partial charge in [0.25, 0.3) is 0 Å². The fourth-order valence-electron chi connectivity index (χ4n) is 2.16. The van der Waals surface area contributed by atoms with Gasteiger partial charge in [-0.1, -0.05) is 0 Å². The zero-order chi connectivity index (χ0) is 14.5. The Morgan fingerprint density at radius 2 is 1.70 bits per heavy atom. The second kappa shape index (κ2) is 6.27. The Morgan fingerprint density at radius 1 is 1.10 bits per heavy atom. The van der Waals surface area contributed by atoms with Crippen molar-refractivity contribution in [1.29, 1.82) is 10.8 Å². The summed E-state index contributed by atoms with van der Waals surface area (Å²) in [6.07, 6.45) is 2.24. The van der Waals surface area contributed by atoms with Crippen LogP contribution in [0.15, 0.2) is 24.3 Å². The maximum atomic E-state index is 7.90. The fraction of sp³-hybridized carbons (Fsp3) is 0.429. The topological polar surface area (TPSA) is 78.2 Å². The van der Waals surface area contributed by atoms with Crippen LogP contribution in [0, 0.1) is 10.8 Å². The molecule has 1 aliphatic heterocycles. The molecule has 1 aromatic carbocycles. The molecule has 0 amide bonds. The van der Waals surface area contributed by atoms with E-state index in [1.807, 2.05) is 48.2 Å². The monoisotopic (exact) mass is 274 g/mol. The largest absolute Gasteiger partial charge is 0.378 e. The average molecular weight is 274 g/mol. The molecule has 0 unspecified atom stereocenters. The van der Waals surface area contributed by atoms with Gasteiger partial charge in [-0.05, 0) is 37.1 Å². The highest BCUT2D eigenvalue weighted by atomic mass is 15.3. The highest BCUT2D eigenvalue weighted by Crippen LogP contribution is 2.15. The molecular formula is C14H22N6. The molecule has 6 heteroatoms. The fourth-order valence-corrected chi connectivity index (χ4v) is 2.16. The van der Waals surface area contributed by atoms with Crippen LogP contribution in [0.25, 0.3) is 0 Å². The van der Waals surface area contributed by atoms with Gasteiger partial charge in [0.2, 0.25) is 0 Å². The van der Waals surface area contributed by atoms with Crippen LogP contribution in [-0.2, 0) is 0 Å². The van der Waals surface area contributed by atoms with Crippen LogP contribution in [0.5, 0.6) is 0 Å². The highest BCUT2D eigenvalue weighted by molar-refractivity contribution is 6.02. The van der Waals surface area contributed by atoms with Crippen LogP contribution in [0.1, 0.15) is 12.8 Å². The van der Waals surface area contributed by atoms with E-state index in [1.165, 1.54) is 0 Å². The zero-order valence-electron chi connectivity index (χ0n) is 12.0. The number of guanidine groups is 2. The predicted octanol–water partition coefficient (Wildman–Crippen LogP) is 1.72. The lowest BCUT2D eigenvalue weighted by Crippen LogP contribution is -2.44. The lowest BCUT2D eigenvalue weighted by Gasteiger charge is -2.20. The van der Waals surface area contributed by atoms with Gasteiger partial charge in [0.15, 0.2) is 11.9 Å². The van der Waals surface area contributed by atoms with Gasteiger partial charge >= 0.3 is 0 Å². The Kier molecular flexibility index (Phi) is 4.45. The van der Waals surface area contributed by atoms with Gasteiger partial charge in [-0.25, -0.2) is 0 Å². The lowest BCUT2D eigenvalue weighted by molar-refractivity contribution is 0.502. The third kappa shape index (κ3) is 3.63. The van der Waals surface area contributed by atoms with E-state index in [0.717, 1.165) is 37.3 Å². The first-order valence-electron chi connectivity index (χ1n) is 6.80. The van der Waals surface area contributed by atoms with Crippen molar-refractivity contribution < 1.29 is 0 Å². The van der Waals surface area contributed by atoms with Crippen LogP contribution in [0.2, 0.25) is 0 Å². The van der Waals surface area contributed by atoms with Crippen molar-refractivity contribution in [1.82, 2.24) is 10.2 Å². The Bertz CT molecular complexity index is 473. The summed E-state index contributed by atoms with van der Waals surface area (Å²) < 4.78 is 0. The van der Waals surface area contributed by atoms with Gasteiger partial charge in [0, 0.05) is 38.6 Å². The van der Waals surface area contributed by atoms with Crippen molar-refractivity contribution in [2.45, 2.75) is 12.8 Å². The molecule has 2 rings (SSSR count). The smallest absolute Gasteiger partial charge is 0.199 e. The molecule has 1 heterocycles. The number of nitrogens with one attached hydrogen (secondary N) is 4. The number of hydrogen-bond acceptors (Lipinski definition) is 3. The molecule has 108 valence electrons. The first-order valence-corrected chi connectivity index (χ1v) is 6.80. The van der Waals surface area contributed by atoms with Crippen LogP contribution in [0.4, 0.5) is 11.4 Å². The van der Waals surface area contributed by atoms with Crippen LogP contribution >= 0.6 is 0 Å². The third-order valence-corrected chi connectivity index (χ3v) is 3.32. The summed E-state index contributed by atoms with van der Waals surface area (Å²) in [4.78, 5) is 3.97. The second-order valence-electron chi connectivity index (χ2n) is 5.11. The maximum Gasteiger partial charge on any atom is 0.199 e. The summed E-state index contributed by atoms with van der Waals surface area (Å²) in [5, 5.41) is 21.5. The van der Waals surface area contributed by atoms with E-state index >= 15 is 0 Å². The number of anilines is 2. The molecule has 0 saturated carbocycles. The average Bonchev–Trinajstić information content (AvgIpc) is 2.93. The third-order valence-electron chi connectivity index (χ3n) is 3.32. The second-order valence-corrected chi connectivity index (χ2v) is 5.11. The molecule has 0 aromatic heterocycles. The molecule has 6 nitrogen and oxygen atoms in total. The van der Waals surface area contributed by atoms with Crippen molar-refractivity contribution in [2.24, 2.45) is 0 Å². The molecular weight excluding hydrogens is 252 g/mol. The van der Waals surface area contributed by atoms with Crippen LogP contribution < -0.4 is 15.5 Å². The molecule has 0 bridgehead atoms. The van der Waals surface area contributed by atoms with Gasteiger partial charge in [-0.2, -0.15) is 0 Å². The lowest BCUT2D eigenvalue weighted by atomic mass is 10.2. The van der Waals surface area contributed by atoms with E-state index < -0.39 is 0 Å². The number of benzene rings is 1. The van der Waals surface area contributed by atoms with Crippen molar-refractivity contribution in [3.8, 4) is 0 Å². The molecule has 1 fully saturated rings. The first-order chi connectivity index (χ1) is 9.56. The molecule has 1 aliphatic rings. The first kappa shape index (κ1) is 14.2. The predicted molar refractivity (Wildman–Crippen MR) is 83.8 cm³/mol. The van der Waals surface area contributed by atoms with Gasteiger partial charge < -0.3 is 15.1 Å². The highest BCUT2D eigenvalue weighted by Gasteiger charge is 2.15. The summed E-state index contributed by atoms with van der Waals surface area (Å²) in [6.45, 7) is 1.80. The Morgan fingerprint density at radius 3 is 2.25 bits per heavy atom. The minimum atomic E-state index is 0.125. The maximum absolute atomic E-state index is 7.90. The SMILES string of the molecule is CN(C)c1ccc(NC(=N)NC(=N)N2CCCC2)cc1. The Hall–Kier alpha value is -2.24. The van der Waals surface area contributed by atoms with Gasteiger partial charge in [0.1, 0.15) is 0 Å². The Balaban J connectivity index is 1.86. The molecule has 4 N–H and O–H groups in total. The summed E-state index contributed by atoms with van der Waals surface area (Å²) in [5.41, 5.74) is 1.95. The summed E-state index contributed by atoms with van der Waals surface area (Å²) in [5.74, 6) is 0.421. The van der Waals surface area contributed by atoms with Crippen LogP contribution in [-0.4, -0.2) is 44.0 Å². The zero-order valence-corrected chi connectivity index (χ0v) is 12.0. The van der Waals surface area contributed by atoms with Crippen molar-refractivity contribution >= 4 is 23.3 Å². The molecule has 1 saturated heterocycles. The van der Waals surface area contributed by atoms with E-state index in [4.69, 9.17) is 10.8 Å². The van der Waals surface area contributed by atoms with Gasteiger partial charge in [-0.3, -0.25) is 16.1 Å². The summed E-state index contributed by atoms with van der Waals surface area (Å²) >= 11 is 0. The van der Waals surface area contributed by atoms with Crippen molar-refractivity contribution in [3.63, 3.8) is 0 Å².